The van der Waals surface area contributed by atoms with E-state index in [9.17, 15) is 0 Å². The maximum atomic E-state index is 4.52. The number of rotatable bonds is 2. The van der Waals surface area contributed by atoms with E-state index in [1.165, 1.54) is 12.1 Å². The quantitative estimate of drug-likeness (QED) is 0.567. The molecular weight excluding hydrogens is 312 g/mol. The van der Waals surface area contributed by atoms with Gasteiger partial charge in [0.05, 0.1) is 0 Å². The first-order valence-corrected chi connectivity index (χ1v) is 8.39. The van der Waals surface area contributed by atoms with E-state index in [4.69, 9.17) is 0 Å². The monoisotopic (exact) mass is 326 g/mol. The average Bonchev–Trinajstić information content (AvgIpc) is 3.13. The molecule has 1 saturated carbocycles. The molecule has 2 aliphatic carbocycles. The molecule has 0 saturated heterocycles. The highest BCUT2D eigenvalue weighted by molar-refractivity contribution is 5.84. The molecular formula is C19H14N6. The number of allylic oxidation sites excluding steroid dienone is 4. The molecule has 6 heteroatoms. The Morgan fingerprint density at radius 1 is 0.840 bits per heavy atom. The van der Waals surface area contributed by atoms with Crippen LogP contribution < -0.4 is 0 Å². The first-order valence-electron chi connectivity index (χ1n) is 8.39. The van der Waals surface area contributed by atoms with E-state index in [1.54, 1.807) is 0 Å². The van der Waals surface area contributed by atoms with E-state index in [2.05, 4.69) is 41.2 Å². The lowest BCUT2D eigenvalue weighted by Gasteiger charge is -2.15. The van der Waals surface area contributed by atoms with E-state index < -0.39 is 0 Å². The fourth-order valence-electron chi connectivity index (χ4n) is 3.74. The fraction of sp³-hybridized carbons (Fsp3) is 0.158. The van der Waals surface area contributed by atoms with Crippen LogP contribution >= 0.6 is 0 Å². The van der Waals surface area contributed by atoms with Gasteiger partial charge >= 0.3 is 0 Å². The highest BCUT2D eigenvalue weighted by Crippen LogP contribution is 2.51. The molecule has 0 N–H and O–H groups in total. The Morgan fingerprint density at radius 2 is 1.52 bits per heavy atom. The van der Waals surface area contributed by atoms with Gasteiger partial charge in [0.15, 0.2) is 11.3 Å². The van der Waals surface area contributed by atoms with Crippen molar-refractivity contribution >= 4 is 33.7 Å². The van der Waals surface area contributed by atoms with Crippen LogP contribution in [0.2, 0.25) is 0 Å². The highest BCUT2D eigenvalue weighted by Gasteiger charge is 2.42. The predicted octanol–water partition coefficient (Wildman–Crippen LogP) is 3.21. The molecule has 0 bridgehead atoms. The standard InChI is InChI=1S/C19H14N6/c1-3-15-18(20-5-1)24(10-22-15)13-7-12-8-14(12)17(9-13)25-11-23-16-4-2-6-21-19(16)25/h1-7,9-12,14H,8H2. The number of hydrogen-bond acceptors (Lipinski definition) is 4. The van der Waals surface area contributed by atoms with Crippen molar-refractivity contribution in [2.75, 3.05) is 0 Å². The molecule has 0 spiro atoms. The maximum Gasteiger partial charge on any atom is 0.164 e. The Kier molecular flexibility index (Phi) is 2.42. The van der Waals surface area contributed by atoms with Gasteiger partial charge in [0.25, 0.3) is 0 Å². The number of hydrogen-bond donors (Lipinski definition) is 0. The van der Waals surface area contributed by atoms with Gasteiger partial charge in [0, 0.05) is 29.7 Å². The topological polar surface area (TPSA) is 61.4 Å². The summed E-state index contributed by atoms with van der Waals surface area (Å²) in [6, 6.07) is 7.82. The SMILES string of the molecule is C1=C(n2cnc3cccnc32)C=C(n2cnc3cccnc32)C2CC12. The van der Waals surface area contributed by atoms with Crippen molar-refractivity contribution in [3.05, 3.63) is 61.5 Å². The first-order chi connectivity index (χ1) is 12.4. The summed E-state index contributed by atoms with van der Waals surface area (Å²) < 4.78 is 4.19. The number of aromatic nitrogens is 6. The number of imidazole rings is 2. The largest absolute Gasteiger partial charge is 0.287 e. The molecule has 6 nitrogen and oxygen atoms in total. The highest BCUT2D eigenvalue weighted by atomic mass is 15.1. The van der Waals surface area contributed by atoms with Gasteiger partial charge in [0.1, 0.15) is 23.7 Å². The Labute approximate surface area is 143 Å². The molecule has 0 amide bonds. The average molecular weight is 326 g/mol. The van der Waals surface area contributed by atoms with Crippen LogP contribution in [0.15, 0.2) is 61.5 Å². The van der Waals surface area contributed by atoms with E-state index in [0.717, 1.165) is 28.0 Å². The van der Waals surface area contributed by atoms with Crippen LogP contribution in [0.4, 0.5) is 0 Å². The summed E-state index contributed by atoms with van der Waals surface area (Å²) in [6.45, 7) is 0. The zero-order chi connectivity index (χ0) is 16.4. The van der Waals surface area contributed by atoms with Crippen molar-refractivity contribution in [1.82, 2.24) is 29.1 Å². The maximum absolute atomic E-state index is 4.52. The van der Waals surface area contributed by atoms with Crippen LogP contribution in [0.25, 0.3) is 33.7 Å². The van der Waals surface area contributed by atoms with Gasteiger partial charge in [-0.25, -0.2) is 19.9 Å². The fourth-order valence-corrected chi connectivity index (χ4v) is 3.74. The van der Waals surface area contributed by atoms with Crippen molar-refractivity contribution in [2.24, 2.45) is 11.8 Å². The van der Waals surface area contributed by atoms with Gasteiger partial charge in [-0.1, -0.05) is 6.08 Å². The number of fused-ring (bicyclic) bond motifs is 3. The summed E-state index contributed by atoms with van der Waals surface area (Å²) >= 11 is 0. The summed E-state index contributed by atoms with van der Waals surface area (Å²) in [5.41, 5.74) is 6.00. The summed E-state index contributed by atoms with van der Waals surface area (Å²) in [5.74, 6) is 1.11. The minimum Gasteiger partial charge on any atom is -0.287 e. The molecule has 2 aliphatic rings. The van der Waals surface area contributed by atoms with Gasteiger partial charge < -0.3 is 0 Å². The molecule has 0 radical (unpaired) electrons. The summed E-state index contributed by atoms with van der Waals surface area (Å²) in [5, 5.41) is 0. The number of nitrogens with zero attached hydrogens (tertiary/aromatic N) is 6. The van der Waals surface area contributed by atoms with Crippen molar-refractivity contribution in [2.45, 2.75) is 6.42 Å². The number of pyridine rings is 2. The molecule has 2 unspecified atom stereocenters. The Hall–Kier alpha value is -3.28. The molecule has 4 aromatic heterocycles. The third-order valence-corrected chi connectivity index (χ3v) is 5.07. The molecule has 4 heterocycles. The minimum absolute atomic E-state index is 0.547. The lowest BCUT2D eigenvalue weighted by atomic mass is 10.1. The first kappa shape index (κ1) is 13.1. The van der Waals surface area contributed by atoms with Gasteiger partial charge in [-0.2, -0.15) is 0 Å². The zero-order valence-electron chi connectivity index (χ0n) is 13.3. The Balaban J connectivity index is 1.53. The predicted molar refractivity (Wildman–Crippen MR) is 95.2 cm³/mol. The summed E-state index contributed by atoms with van der Waals surface area (Å²) in [6.07, 6.45) is 13.1. The molecule has 2 atom stereocenters. The smallest absolute Gasteiger partial charge is 0.164 e. The lowest BCUT2D eigenvalue weighted by molar-refractivity contribution is 0.900. The van der Waals surface area contributed by atoms with Crippen LogP contribution in [0.1, 0.15) is 6.42 Å². The van der Waals surface area contributed by atoms with Crippen LogP contribution in [0.5, 0.6) is 0 Å². The zero-order valence-corrected chi connectivity index (χ0v) is 13.3. The van der Waals surface area contributed by atoms with Crippen LogP contribution in [0.3, 0.4) is 0 Å². The molecule has 6 rings (SSSR count). The third kappa shape index (κ3) is 1.85. The van der Waals surface area contributed by atoms with Crippen molar-refractivity contribution in [3.8, 4) is 0 Å². The summed E-state index contributed by atoms with van der Waals surface area (Å²) in [7, 11) is 0. The molecule has 0 aromatic carbocycles. The molecule has 1 fully saturated rings. The molecule has 0 aliphatic heterocycles. The second-order valence-electron chi connectivity index (χ2n) is 6.59. The normalized spacial score (nSPS) is 21.9. The van der Waals surface area contributed by atoms with Crippen molar-refractivity contribution < 1.29 is 0 Å². The Bertz CT molecular complexity index is 1190. The van der Waals surface area contributed by atoms with E-state index in [1.807, 2.05) is 49.3 Å². The second kappa shape index (κ2) is 4.63. The van der Waals surface area contributed by atoms with E-state index >= 15 is 0 Å². The molecule has 25 heavy (non-hydrogen) atoms. The van der Waals surface area contributed by atoms with Crippen LogP contribution in [0, 0.1) is 11.8 Å². The molecule has 4 aromatic rings. The van der Waals surface area contributed by atoms with Crippen LogP contribution in [-0.2, 0) is 0 Å². The lowest BCUT2D eigenvalue weighted by Crippen LogP contribution is -2.06. The second-order valence-corrected chi connectivity index (χ2v) is 6.59. The van der Waals surface area contributed by atoms with Gasteiger partial charge in [-0.3, -0.25) is 9.13 Å². The Morgan fingerprint density at radius 3 is 2.28 bits per heavy atom. The van der Waals surface area contributed by atoms with Gasteiger partial charge in [0.2, 0.25) is 0 Å². The minimum atomic E-state index is 0.547. The third-order valence-electron chi connectivity index (χ3n) is 5.07. The van der Waals surface area contributed by atoms with Gasteiger partial charge in [-0.15, -0.1) is 0 Å². The van der Waals surface area contributed by atoms with E-state index in [-0.39, 0.29) is 0 Å². The van der Waals surface area contributed by atoms with Crippen molar-refractivity contribution in [3.63, 3.8) is 0 Å². The van der Waals surface area contributed by atoms with E-state index in [0.29, 0.717) is 11.8 Å². The molecule has 120 valence electrons. The van der Waals surface area contributed by atoms with Gasteiger partial charge in [-0.05, 0) is 42.7 Å². The van der Waals surface area contributed by atoms with Crippen molar-refractivity contribution in [1.29, 1.82) is 0 Å². The van der Waals surface area contributed by atoms with Crippen LogP contribution in [-0.4, -0.2) is 29.1 Å². The summed E-state index contributed by atoms with van der Waals surface area (Å²) in [4.78, 5) is 18.0.